The number of halogens is 2. The molecule has 0 saturated heterocycles. The van der Waals surface area contributed by atoms with Gasteiger partial charge in [0, 0.05) is 35.7 Å². The summed E-state index contributed by atoms with van der Waals surface area (Å²) >= 11 is 5.46. The minimum absolute atomic E-state index is 0.664. The van der Waals surface area contributed by atoms with Gasteiger partial charge in [-0.1, -0.05) is 30.3 Å². The van der Waals surface area contributed by atoms with Crippen molar-refractivity contribution in [3.8, 4) is 0 Å². The van der Waals surface area contributed by atoms with Crippen molar-refractivity contribution >= 4 is 38.5 Å². The van der Waals surface area contributed by atoms with E-state index in [0.29, 0.717) is 6.61 Å². The summed E-state index contributed by atoms with van der Waals surface area (Å²) in [7, 11) is 0. The van der Waals surface area contributed by atoms with Crippen molar-refractivity contribution in [2.45, 2.75) is 19.6 Å². The van der Waals surface area contributed by atoms with Crippen molar-refractivity contribution in [1.82, 2.24) is 14.8 Å². The molecule has 6 heteroatoms. The molecule has 0 aliphatic rings. The van der Waals surface area contributed by atoms with Crippen LogP contribution >= 0.6 is 38.5 Å². The van der Waals surface area contributed by atoms with Gasteiger partial charge in [0.15, 0.2) is 4.73 Å². The van der Waals surface area contributed by atoms with Crippen LogP contribution in [-0.4, -0.2) is 21.4 Å². The van der Waals surface area contributed by atoms with Crippen LogP contribution in [0.25, 0.3) is 0 Å². The van der Waals surface area contributed by atoms with E-state index in [2.05, 4.69) is 60.7 Å². The second-order valence-corrected chi connectivity index (χ2v) is 5.44. The first-order valence-electron chi connectivity index (χ1n) is 5.63. The SMILES string of the molecule is Brc1nc(I)nn1CCCOCc1ccccc1. The lowest BCUT2D eigenvalue weighted by atomic mass is 10.2. The molecule has 1 aromatic carbocycles. The molecule has 1 aromatic heterocycles. The Labute approximate surface area is 128 Å². The third-order valence-corrected chi connectivity index (χ3v) is 3.41. The van der Waals surface area contributed by atoms with E-state index < -0.39 is 0 Å². The summed E-state index contributed by atoms with van der Waals surface area (Å²) in [5.74, 6) is 0. The first-order valence-corrected chi connectivity index (χ1v) is 7.50. The molecule has 0 aliphatic heterocycles. The molecule has 18 heavy (non-hydrogen) atoms. The highest BCUT2D eigenvalue weighted by Gasteiger charge is 2.03. The summed E-state index contributed by atoms with van der Waals surface area (Å²) in [6, 6.07) is 10.2. The minimum atomic E-state index is 0.664. The highest BCUT2D eigenvalue weighted by molar-refractivity contribution is 14.1. The maximum atomic E-state index is 5.61. The lowest BCUT2D eigenvalue weighted by Crippen LogP contribution is -2.05. The number of nitrogens with zero attached hydrogens (tertiary/aromatic N) is 3. The number of aryl methyl sites for hydroxylation is 1. The predicted molar refractivity (Wildman–Crippen MR) is 81.2 cm³/mol. The van der Waals surface area contributed by atoms with Gasteiger partial charge in [0.25, 0.3) is 0 Å². The average molecular weight is 422 g/mol. The third-order valence-electron chi connectivity index (χ3n) is 2.37. The quantitative estimate of drug-likeness (QED) is 0.531. The van der Waals surface area contributed by atoms with Gasteiger partial charge in [0.2, 0.25) is 3.83 Å². The van der Waals surface area contributed by atoms with Gasteiger partial charge in [-0.2, -0.15) is 4.98 Å². The van der Waals surface area contributed by atoms with Crippen molar-refractivity contribution in [3.05, 3.63) is 44.5 Å². The topological polar surface area (TPSA) is 39.9 Å². The van der Waals surface area contributed by atoms with Crippen LogP contribution in [0.2, 0.25) is 0 Å². The van der Waals surface area contributed by atoms with Crippen molar-refractivity contribution in [2.24, 2.45) is 0 Å². The summed E-state index contributed by atoms with van der Waals surface area (Å²) in [4.78, 5) is 4.17. The Balaban J connectivity index is 1.66. The molecule has 0 atom stereocenters. The summed E-state index contributed by atoms with van der Waals surface area (Å²) < 4.78 is 8.98. The van der Waals surface area contributed by atoms with Gasteiger partial charge in [0.05, 0.1) is 6.61 Å². The maximum absolute atomic E-state index is 5.61. The summed E-state index contributed by atoms with van der Waals surface area (Å²) in [6.07, 6.45) is 0.922. The van der Waals surface area contributed by atoms with Crippen LogP contribution in [0.5, 0.6) is 0 Å². The highest BCUT2D eigenvalue weighted by atomic mass is 127. The van der Waals surface area contributed by atoms with E-state index in [9.17, 15) is 0 Å². The van der Waals surface area contributed by atoms with Crippen molar-refractivity contribution in [3.63, 3.8) is 0 Å². The predicted octanol–water partition coefficient (Wildman–Crippen LogP) is 3.25. The number of benzene rings is 1. The molecule has 0 bridgehead atoms. The molecule has 2 rings (SSSR count). The summed E-state index contributed by atoms with van der Waals surface area (Å²) in [5, 5.41) is 4.26. The van der Waals surface area contributed by atoms with E-state index in [1.165, 1.54) is 5.56 Å². The molecule has 4 nitrogen and oxygen atoms in total. The number of aromatic nitrogens is 3. The van der Waals surface area contributed by atoms with Gasteiger partial charge in [-0.25, -0.2) is 4.68 Å². The molecule has 0 fully saturated rings. The molecule has 0 unspecified atom stereocenters. The fourth-order valence-electron chi connectivity index (χ4n) is 1.52. The van der Waals surface area contributed by atoms with E-state index in [1.54, 1.807) is 0 Å². The molecular weight excluding hydrogens is 409 g/mol. The van der Waals surface area contributed by atoms with Gasteiger partial charge in [-0.15, -0.1) is 5.10 Å². The van der Waals surface area contributed by atoms with Gasteiger partial charge < -0.3 is 4.74 Å². The van der Waals surface area contributed by atoms with E-state index >= 15 is 0 Å². The van der Waals surface area contributed by atoms with Crippen molar-refractivity contribution in [2.75, 3.05) is 6.61 Å². The summed E-state index contributed by atoms with van der Waals surface area (Å²) in [5.41, 5.74) is 1.20. The normalized spacial score (nSPS) is 10.8. The number of rotatable bonds is 6. The van der Waals surface area contributed by atoms with Gasteiger partial charge in [-0.3, -0.25) is 0 Å². The zero-order chi connectivity index (χ0) is 12.8. The maximum Gasteiger partial charge on any atom is 0.212 e. The molecule has 96 valence electrons. The lowest BCUT2D eigenvalue weighted by molar-refractivity contribution is 0.114. The van der Waals surface area contributed by atoms with Crippen molar-refractivity contribution < 1.29 is 4.74 Å². The number of hydrogen-bond acceptors (Lipinski definition) is 3. The Hall–Kier alpha value is -0.470. The Bertz CT molecular complexity index is 489. The van der Waals surface area contributed by atoms with Crippen LogP contribution in [0.3, 0.4) is 0 Å². The van der Waals surface area contributed by atoms with E-state index in [0.717, 1.165) is 28.1 Å². The molecular formula is C12H13BrIN3O. The standard InChI is InChI=1S/C12H13BrIN3O/c13-11-15-12(14)16-17(11)7-4-8-18-9-10-5-2-1-3-6-10/h1-3,5-6H,4,7-9H2. The molecule has 0 aliphatic carbocycles. The fourth-order valence-corrected chi connectivity index (χ4v) is 2.76. The van der Waals surface area contributed by atoms with Crippen LogP contribution in [0.1, 0.15) is 12.0 Å². The minimum Gasteiger partial charge on any atom is -0.377 e. The van der Waals surface area contributed by atoms with Crippen molar-refractivity contribution in [1.29, 1.82) is 0 Å². The zero-order valence-electron chi connectivity index (χ0n) is 9.72. The summed E-state index contributed by atoms with van der Waals surface area (Å²) in [6.45, 7) is 2.19. The highest BCUT2D eigenvalue weighted by Crippen LogP contribution is 2.09. The van der Waals surface area contributed by atoms with Crippen LogP contribution in [0.15, 0.2) is 35.1 Å². The number of hydrogen-bond donors (Lipinski definition) is 0. The van der Waals surface area contributed by atoms with Crippen LogP contribution < -0.4 is 0 Å². The molecule has 0 N–H and O–H groups in total. The Morgan fingerprint density at radius 2 is 2.06 bits per heavy atom. The molecule has 2 aromatic rings. The largest absolute Gasteiger partial charge is 0.377 e. The van der Waals surface area contributed by atoms with Gasteiger partial charge in [0.1, 0.15) is 0 Å². The first-order chi connectivity index (χ1) is 8.75. The Morgan fingerprint density at radius 1 is 1.28 bits per heavy atom. The first kappa shape index (κ1) is 14.0. The van der Waals surface area contributed by atoms with Gasteiger partial charge in [-0.05, 0) is 27.9 Å². The van der Waals surface area contributed by atoms with E-state index in [1.807, 2.05) is 22.9 Å². The molecule has 0 spiro atoms. The van der Waals surface area contributed by atoms with Gasteiger partial charge >= 0.3 is 0 Å². The van der Waals surface area contributed by atoms with Crippen LogP contribution in [0, 0.1) is 3.83 Å². The zero-order valence-corrected chi connectivity index (χ0v) is 13.5. The average Bonchev–Trinajstić information content (AvgIpc) is 2.69. The molecule has 0 radical (unpaired) electrons. The molecule has 0 saturated carbocycles. The smallest absolute Gasteiger partial charge is 0.212 e. The second-order valence-electron chi connectivity index (χ2n) is 3.76. The Morgan fingerprint density at radius 3 is 2.72 bits per heavy atom. The van der Waals surface area contributed by atoms with E-state index in [4.69, 9.17) is 4.74 Å². The third kappa shape index (κ3) is 4.33. The second kappa shape index (κ2) is 7.20. The molecule has 1 heterocycles. The number of ether oxygens (including phenoxy) is 1. The van der Waals surface area contributed by atoms with E-state index in [-0.39, 0.29) is 0 Å². The van der Waals surface area contributed by atoms with Crippen LogP contribution in [-0.2, 0) is 17.9 Å². The Kier molecular flexibility index (Phi) is 5.58. The lowest BCUT2D eigenvalue weighted by Gasteiger charge is -2.04. The fraction of sp³-hybridized carbons (Fsp3) is 0.333. The monoisotopic (exact) mass is 421 g/mol. The van der Waals surface area contributed by atoms with Crippen LogP contribution in [0.4, 0.5) is 0 Å². The molecule has 0 amide bonds.